The van der Waals surface area contributed by atoms with Gasteiger partial charge in [-0.15, -0.1) is 0 Å². The third-order valence-electron chi connectivity index (χ3n) is 12.2. The van der Waals surface area contributed by atoms with Gasteiger partial charge in [-0.2, -0.15) is 0 Å². The molecule has 3 saturated heterocycles. The van der Waals surface area contributed by atoms with E-state index in [1.165, 1.54) is 35.9 Å². The molecule has 294 valence electrons. The van der Waals surface area contributed by atoms with Crippen molar-refractivity contribution in [1.29, 1.82) is 0 Å². The molecule has 3 fully saturated rings. The number of aromatic amines is 2. The van der Waals surface area contributed by atoms with Gasteiger partial charge in [0.05, 0.1) is 54.2 Å². The molecule has 5 aromatic rings. The molecule has 0 bridgehead atoms. The Morgan fingerprint density at radius 2 is 1.59 bits per heavy atom. The van der Waals surface area contributed by atoms with Gasteiger partial charge in [0.2, 0.25) is 5.91 Å². The maximum absolute atomic E-state index is 13.8. The molecule has 11 heteroatoms. The lowest BCUT2D eigenvalue weighted by atomic mass is 9.87. The van der Waals surface area contributed by atoms with Crippen LogP contribution in [0, 0.1) is 5.92 Å². The van der Waals surface area contributed by atoms with E-state index in [1.54, 1.807) is 0 Å². The average Bonchev–Trinajstić information content (AvgIpc) is 4.05. The maximum Gasteiger partial charge on any atom is 0.407 e. The van der Waals surface area contributed by atoms with Crippen molar-refractivity contribution in [2.45, 2.75) is 109 Å². The Morgan fingerprint density at radius 1 is 0.857 bits per heavy atom. The fourth-order valence-electron chi connectivity index (χ4n) is 9.03. The van der Waals surface area contributed by atoms with Crippen LogP contribution in [0.25, 0.3) is 22.3 Å². The molecule has 0 radical (unpaired) electrons. The highest BCUT2D eigenvalue weighted by Gasteiger charge is 2.39. The number of carbonyl (C=O) groups is 2. The topological polar surface area (TPSA) is 131 Å². The first-order valence-corrected chi connectivity index (χ1v) is 20.4. The number of ether oxygens (including phenoxy) is 1. The standard InChI is InChI=1S/C45H56N8O3/c1-27(2)40(51-44(55)56-6)43(54)52-24-8-10-39(52)42-48-33-20-15-30(25-35(33)49-42)38-22-21-37(53(38)32-18-16-31(17-19-32)45(3,4)5)29-13-11-28(12-14-29)36-26-47-41(50-36)34-9-7-23-46-34/h11-20,25-27,34,37-40,46H,7-10,21-24H2,1-6H3,(H,47,50)(H,48,49)(H,51,55)/t34-,37?,38?,39?,40?/m0/s1. The van der Waals surface area contributed by atoms with Gasteiger partial charge in [0, 0.05) is 12.2 Å². The number of aromatic nitrogens is 4. The number of imidazole rings is 2. The number of hydrogen-bond donors (Lipinski definition) is 4. The highest BCUT2D eigenvalue weighted by Crippen LogP contribution is 2.48. The van der Waals surface area contributed by atoms with Gasteiger partial charge in [0.25, 0.3) is 0 Å². The van der Waals surface area contributed by atoms with Gasteiger partial charge in [0.15, 0.2) is 0 Å². The summed E-state index contributed by atoms with van der Waals surface area (Å²) in [4.78, 5) is 47.3. The van der Waals surface area contributed by atoms with Crippen LogP contribution in [0.3, 0.4) is 0 Å². The lowest BCUT2D eigenvalue weighted by Gasteiger charge is -2.34. The summed E-state index contributed by atoms with van der Waals surface area (Å²) in [6, 6.07) is 24.6. The molecule has 0 saturated carbocycles. The van der Waals surface area contributed by atoms with Crippen LogP contribution >= 0.6 is 0 Å². The fraction of sp³-hybridized carbons (Fsp3) is 0.467. The zero-order chi connectivity index (χ0) is 39.1. The van der Waals surface area contributed by atoms with Crippen LogP contribution in [-0.2, 0) is 14.9 Å². The molecule has 4 N–H and O–H groups in total. The van der Waals surface area contributed by atoms with Crippen LogP contribution < -0.4 is 15.5 Å². The van der Waals surface area contributed by atoms with Crippen molar-refractivity contribution >= 4 is 28.7 Å². The number of anilines is 1. The number of fused-ring (bicyclic) bond motifs is 1. The number of likely N-dealkylation sites (tertiary alicyclic amines) is 1. The Balaban J connectivity index is 1.07. The van der Waals surface area contributed by atoms with Gasteiger partial charge in [-0.3, -0.25) is 4.79 Å². The van der Waals surface area contributed by atoms with Crippen LogP contribution in [-0.4, -0.2) is 63.1 Å². The highest BCUT2D eigenvalue weighted by molar-refractivity contribution is 5.86. The SMILES string of the molecule is COC(=O)NC(C(=O)N1CCCC1c1nc2ccc(C3CCC(c4ccc(-c5cnc([C@@H]6CCCN6)[nH]5)cc4)N3c3ccc(C(C)(C)C)cc3)cc2[nH]1)C(C)C. The first-order valence-electron chi connectivity index (χ1n) is 20.4. The van der Waals surface area contributed by atoms with Crippen LogP contribution in [0.5, 0.6) is 0 Å². The highest BCUT2D eigenvalue weighted by atomic mass is 16.5. The van der Waals surface area contributed by atoms with Gasteiger partial charge in [-0.05, 0) is 103 Å². The number of benzene rings is 3. The molecule has 4 unspecified atom stereocenters. The predicted molar refractivity (Wildman–Crippen MR) is 220 cm³/mol. The van der Waals surface area contributed by atoms with E-state index in [4.69, 9.17) is 14.7 Å². The quantitative estimate of drug-likeness (QED) is 0.118. The van der Waals surface area contributed by atoms with Crippen molar-refractivity contribution in [1.82, 2.24) is 35.5 Å². The van der Waals surface area contributed by atoms with Gasteiger partial charge in [0.1, 0.15) is 17.7 Å². The normalized spacial score (nSPS) is 22.0. The summed E-state index contributed by atoms with van der Waals surface area (Å²) in [6.45, 7) is 12.3. The summed E-state index contributed by atoms with van der Waals surface area (Å²) < 4.78 is 4.82. The van der Waals surface area contributed by atoms with Crippen molar-refractivity contribution in [2.24, 2.45) is 5.92 Å². The Bertz CT molecular complexity index is 2160. The molecular formula is C45H56N8O3. The minimum absolute atomic E-state index is 0.0645. The largest absolute Gasteiger partial charge is 0.453 e. The summed E-state index contributed by atoms with van der Waals surface area (Å²) in [5.74, 6) is 1.60. The van der Waals surface area contributed by atoms with Crippen molar-refractivity contribution in [3.63, 3.8) is 0 Å². The van der Waals surface area contributed by atoms with Crippen LogP contribution in [0.4, 0.5) is 10.5 Å². The summed E-state index contributed by atoms with van der Waals surface area (Å²) in [5, 5.41) is 6.29. The van der Waals surface area contributed by atoms with E-state index in [1.807, 2.05) is 24.9 Å². The molecule has 2 amide bonds. The minimum Gasteiger partial charge on any atom is -0.453 e. The Morgan fingerprint density at radius 3 is 2.27 bits per heavy atom. The Kier molecular flexibility index (Phi) is 10.4. The second-order valence-electron chi connectivity index (χ2n) is 17.2. The summed E-state index contributed by atoms with van der Waals surface area (Å²) in [7, 11) is 1.32. The van der Waals surface area contributed by atoms with E-state index in [9.17, 15) is 9.59 Å². The molecule has 56 heavy (non-hydrogen) atoms. The second kappa shape index (κ2) is 15.4. The summed E-state index contributed by atoms with van der Waals surface area (Å²) in [6.07, 6.45) is 7.37. The monoisotopic (exact) mass is 756 g/mol. The zero-order valence-corrected chi connectivity index (χ0v) is 33.6. The van der Waals surface area contributed by atoms with Crippen LogP contribution in [0.1, 0.15) is 126 Å². The van der Waals surface area contributed by atoms with E-state index in [2.05, 4.69) is 113 Å². The number of alkyl carbamates (subject to hydrolysis) is 1. The van der Waals surface area contributed by atoms with Crippen LogP contribution in [0.2, 0.25) is 0 Å². The van der Waals surface area contributed by atoms with Crippen molar-refractivity contribution in [3.8, 4) is 11.3 Å². The number of nitrogens with zero attached hydrogens (tertiary/aromatic N) is 4. The molecule has 5 atom stereocenters. The smallest absolute Gasteiger partial charge is 0.407 e. The molecular weight excluding hydrogens is 701 g/mol. The first kappa shape index (κ1) is 37.7. The fourth-order valence-corrected chi connectivity index (χ4v) is 9.03. The lowest BCUT2D eigenvalue weighted by Crippen LogP contribution is -2.51. The Hall–Kier alpha value is -5.16. The maximum atomic E-state index is 13.8. The third-order valence-corrected chi connectivity index (χ3v) is 12.2. The predicted octanol–water partition coefficient (Wildman–Crippen LogP) is 8.80. The number of H-pyrrole nitrogens is 2. The zero-order valence-electron chi connectivity index (χ0n) is 33.6. The van der Waals surface area contributed by atoms with Crippen molar-refractivity contribution < 1.29 is 14.3 Å². The van der Waals surface area contributed by atoms with E-state index in [0.29, 0.717) is 12.6 Å². The third kappa shape index (κ3) is 7.41. The molecule has 3 aliphatic heterocycles. The number of amides is 2. The molecule has 0 spiro atoms. The number of hydrogen-bond acceptors (Lipinski definition) is 7. The van der Waals surface area contributed by atoms with E-state index < -0.39 is 12.1 Å². The van der Waals surface area contributed by atoms with Crippen molar-refractivity contribution in [3.05, 3.63) is 101 Å². The summed E-state index contributed by atoms with van der Waals surface area (Å²) in [5.41, 5.74) is 9.16. The lowest BCUT2D eigenvalue weighted by molar-refractivity contribution is -0.135. The van der Waals surface area contributed by atoms with Crippen LogP contribution in [0.15, 0.2) is 72.9 Å². The number of methoxy groups -OCH3 is 1. The van der Waals surface area contributed by atoms with Gasteiger partial charge in [-0.1, -0.05) is 77.1 Å². The van der Waals surface area contributed by atoms with E-state index in [0.717, 1.165) is 72.6 Å². The van der Waals surface area contributed by atoms with Crippen molar-refractivity contribution in [2.75, 3.05) is 25.1 Å². The second-order valence-corrected chi connectivity index (χ2v) is 17.2. The average molecular weight is 757 g/mol. The molecule has 3 aliphatic rings. The van der Waals surface area contributed by atoms with Gasteiger partial charge in [-0.25, -0.2) is 14.8 Å². The molecule has 0 aliphatic carbocycles. The number of carbonyl (C=O) groups excluding carboxylic acids is 2. The molecule has 3 aromatic carbocycles. The minimum atomic E-state index is -0.675. The van der Waals surface area contributed by atoms with E-state index >= 15 is 0 Å². The molecule has 5 heterocycles. The first-order chi connectivity index (χ1) is 27.0. The molecule has 2 aromatic heterocycles. The number of rotatable bonds is 9. The van der Waals surface area contributed by atoms with E-state index in [-0.39, 0.29) is 35.4 Å². The number of nitrogens with one attached hydrogen (secondary N) is 4. The van der Waals surface area contributed by atoms with Gasteiger partial charge < -0.3 is 35.1 Å². The summed E-state index contributed by atoms with van der Waals surface area (Å²) >= 11 is 0. The molecule has 11 nitrogen and oxygen atoms in total. The Labute approximate surface area is 330 Å². The van der Waals surface area contributed by atoms with Gasteiger partial charge >= 0.3 is 6.09 Å². The molecule has 8 rings (SSSR count).